The minimum atomic E-state index is -0.198. The molecule has 2 heterocycles. The summed E-state index contributed by atoms with van der Waals surface area (Å²) < 4.78 is 13.3. The summed E-state index contributed by atoms with van der Waals surface area (Å²) in [5.74, 6) is 0.903. The molecule has 3 aromatic rings. The number of hydrogen-bond donors (Lipinski definition) is 1. The maximum absolute atomic E-state index is 12.4. The Morgan fingerprint density at radius 2 is 1.96 bits per heavy atom. The Bertz CT molecular complexity index is 937. The number of benzene rings is 1. The van der Waals surface area contributed by atoms with Crippen molar-refractivity contribution in [1.29, 1.82) is 0 Å². The van der Waals surface area contributed by atoms with Gasteiger partial charge >= 0.3 is 0 Å². The van der Waals surface area contributed by atoms with Crippen molar-refractivity contribution < 1.29 is 14.3 Å². The number of carbonyl (C=O) groups is 1. The molecule has 25 heavy (non-hydrogen) atoms. The monoisotopic (exact) mass is 403 g/mol. The number of methoxy groups -OCH3 is 2. The molecule has 0 bridgehead atoms. The predicted molar refractivity (Wildman–Crippen MR) is 98.3 cm³/mol. The summed E-state index contributed by atoms with van der Waals surface area (Å²) in [6, 6.07) is 7.06. The Labute approximate surface area is 153 Å². The Morgan fingerprint density at radius 3 is 2.68 bits per heavy atom. The van der Waals surface area contributed by atoms with Gasteiger partial charge in [0, 0.05) is 22.4 Å². The average molecular weight is 404 g/mol. The molecule has 1 N–H and O–H groups in total. The quantitative estimate of drug-likeness (QED) is 0.709. The summed E-state index contributed by atoms with van der Waals surface area (Å²) in [6.07, 6.45) is 3.84. The van der Waals surface area contributed by atoms with Crippen LogP contribution in [0.2, 0.25) is 0 Å². The molecule has 1 aromatic carbocycles. The molecule has 0 radical (unpaired) electrons. The van der Waals surface area contributed by atoms with Crippen LogP contribution in [0.4, 0.5) is 0 Å². The second-order valence-electron chi connectivity index (χ2n) is 5.56. The Balaban J connectivity index is 1.75. The van der Waals surface area contributed by atoms with E-state index in [0.717, 1.165) is 21.4 Å². The number of aromatic nitrogens is 2. The Morgan fingerprint density at radius 1 is 1.20 bits per heavy atom. The van der Waals surface area contributed by atoms with Crippen molar-refractivity contribution in [2.45, 2.75) is 13.5 Å². The van der Waals surface area contributed by atoms with E-state index in [0.29, 0.717) is 23.6 Å². The number of fused-ring (bicyclic) bond motifs is 1. The highest BCUT2D eigenvalue weighted by Crippen LogP contribution is 2.27. The van der Waals surface area contributed by atoms with Gasteiger partial charge < -0.3 is 19.2 Å². The normalized spacial score (nSPS) is 10.7. The van der Waals surface area contributed by atoms with Crippen LogP contribution < -0.4 is 14.8 Å². The molecule has 0 aliphatic rings. The largest absolute Gasteiger partial charge is 0.493 e. The highest BCUT2D eigenvalue weighted by Gasteiger charge is 2.12. The molecule has 130 valence electrons. The predicted octanol–water partition coefficient (Wildman–Crippen LogP) is 3.35. The van der Waals surface area contributed by atoms with E-state index >= 15 is 0 Å². The number of rotatable bonds is 5. The van der Waals surface area contributed by atoms with Crippen LogP contribution in [0, 0.1) is 6.92 Å². The number of pyridine rings is 1. The molecule has 0 atom stereocenters. The van der Waals surface area contributed by atoms with Gasteiger partial charge in [0.15, 0.2) is 11.5 Å². The minimum Gasteiger partial charge on any atom is -0.493 e. The molecule has 6 nitrogen and oxygen atoms in total. The van der Waals surface area contributed by atoms with Crippen molar-refractivity contribution in [1.82, 2.24) is 14.7 Å². The van der Waals surface area contributed by atoms with E-state index in [4.69, 9.17) is 9.47 Å². The first-order valence-electron chi connectivity index (χ1n) is 7.65. The fourth-order valence-electron chi connectivity index (χ4n) is 2.61. The van der Waals surface area contributed by atoms with Crippen LogP contribution in [0.3, 0.4) is 0 Å². The summed E-state index contributed by atoms with van der Waals surface area (Å²) >= 11 is 3.47. The summed E-state index contributed by atoms with van der Waals surface area (Å²) in [5.41, 5.74) is 3.22. The van der Waals surface area contributed by atoms with Crippen LogP contribution in [-0.2, 0) is 6.54 Å². The fourth-order valence-corrected chi connectivity index (χ4v) is 3.18. The lowest BCUT2D eigenvalue weighted by molar-refractivity contribution is 0.0950. The lowest BCUT2D eigenvalue weighted by atomic mass is 10.2. The van der Waals surface area contributed by atoms with Gasteiger partial charge in [-0.3, -0.25) is 4.79 Å². The number of amides is 1. The molecular weight excluding hydrogens is 386 g/mol. The van der Waals surface area contributed by atoms with Crippen molar-refractivity contribution in [2.75, 3.05) is 14.2 Å². The molecule has 0 aliphatic carbocycles. The second-order valence-corrected chi connectivity index (χ2v) is 6.47. The van der Waals surface area contributed by atoms with Gasteiger partial charge in [-0.05, 0) is 52.7 Å². The average Bonchev–Trinajstić information content (AvgIpc) is 3.02. The minimum absolute atomic E-state index is 0.198. The standard InChI is InChI=1S/C18H18BrN3O3/c1-11-6-13(19)9-22-10-14(21-17(11)22)8-20-18(23)12-4-5-15(24-2)16(7-12)25-3/h4-7,9-10H,8H2,1-3H3,(H,20,23). The zero-order valence-electron chi connectivity index (χ0n) is 14.2. The molecule has 3 rings (SSSR count). The van der Waals surface area contributed by atoms with Crippen LogP contribution in [0.25, 0.3) is 5.65 Å². The Kier molecular flexibility index (Phi) is 4.94. The maximum atomic E-state index is 12.4. The number of ether oxygens (including phenoxy) is 2. The van der Waals surface area contributed by atoms with Gasteiger partial charge in [-0.25, -0.2) is 4.98 Å². The van der Waals surface area contributed by atoms with Crippen LogP contribution in [0.1, 0.15) is 21.6 Å². The van der Waals surface area contributed by atoms with Crippen molar-refractivity contribution in [3.63, 3.8) is 0 Å². The summed E-state index contributed by atoms with van der Waals surface area (Å²) in [5, 5.41) is 2.88. The third-order valence-corrected chi connectivity index (χ3v) is 4.26. The number of imidazole rings is 1. The van der Waals surface area contributed by atoms with Crippen LogP contribution in [-0.4, -0.2) is 29.5 Å². The highest BCUT2D eigenvalue weighted by atomic mass is 79.9. The second kappa shape index (κ2) is 7.14. The zero-order chi connectivity index (χ0) is 18.0. The van der Waals surface area contributed by atoms with Crippen LogP contribution >= 0.6 is 15.9 Å². The number of carbonyl (C=O) groups excluding carboxylic acids is 1. The first kappa shape index (κ1) is 17.3. The van der Waals surface area contributed by atoms with Crippen molar-refractivity contribution in [3.8, 4) is 11.5 Å². The molecule has 0 aliphatic heterocycles. The summed E-state index contributed by atoms with van der Waals surface area (Å²) in [6.45, 7) is 2.34. The summed E-state index contributed by atoms with van der Waals surface area (Å²) in [4.78, 5) is 16.9. The maximum Gasteiger partial charge on any atom is 0.251 e. The molecule has 7 heteroatoms. The van der Waals surface area contributed by atoms with E-state index in [1.807, 2.05) is 29.8 Å². The van der Waals surface area contributed by atoms with Crippen LogP contribution in [0.5, 0.6) is 11.5 Å². The SMILES string of the molecule is COc1ccc(C(=O)NCc2cn3cc(Br)cc(C)c3n2)cc1OC. The smallest absolute Gasteiger partial charge is 0.251 e. The number of aryl methyl sites for hydroxylation is 1. The van der Waals surface area contributed by atoms with Crippen molar-refractivity contribution in [2.24, 2.45) is 0 Å². The molecule has 0 spiro atoms. The van der Waals surface area contributed by atoms with Gasteiger partial charge in [-0.2, -0.15) is 0 Å². The Hall–Kier alpha value is -2.54. The number of hydrogen-bond acceptors (Lipinski definition) is 4. The molecule has 2 aromatic heterocycles. The lowest BCUT2D eigenvalue weighted by Crippen LogP contribution is -2.23. The van der Waals surface area contributed by atoms with E-state index in [2.05, 4.69) is 26.2 Å². The molecular formula is C18H18BrN3O3. The van der Waals surface area contributed by atoms with Crippen molar-refractivity contribution in [3.05, 3.63) is 58.0 Å². The molecule has 1 amide bonds. The van der Waals surface area contributed by atoms with Gasteiger partial charge in [-0.15, -0.1) is 0 Å². The van der Waals surface area contributed by atoms with Gasteiger partial charge in [0.05, 0.1) is 26.5 Å². The molecule has 0 saturated carbocycles. The van der Waals surface area contributed by atoms with E-state index in [9.17, 15) is 4.79 Å². The lowest BCUT2D eigenvalue weighted by Gasteiger charge is -2.09. The molecule has 0 saturated heterocycles. The van der Waals surface area contributed by atoms with Gasteiger partial charge in [0.1, 0.15) is 5.65 Å². The van der Waals surface area contributed by atoms with E-state index in [-0.39, 0.29) is 5.91 Å². The first-order valence-corrected chi connectivity index (χ1v) is 8.45. The van der Waals surface area contributed by atoms with Gasteiger partial charge in [0.25, 0.3) is 5.91 Å². The third kappa shape index (κ3) is 3.61. The first-order chi connectivity index (χ1) is 12.0. The summed E-state index contributed by atoms with van der Waals surface area (Å²) in [7, 11) is 3.10. The van der Waals surface area contributed by atoms with E-state index in [1.54, 1.807) is 25.3 Å². The van der Waals surface area contributed by atoms with Crippen LogP contribution in [0.15, 0.2) is 41.1 Å². The van der Waals surface area contributed by atoms with Gasteiger partial charge in [0.2, 0.25) is 0 Å². The molecule has 0 unspecified atom stereocenters. The third-order valence-electron chi connectivity index (χ3n) is 3.83. The fraction of sp³-hybridized carbons (Fsp3) is 0.222. The highest BCUT2D eigenvalue weighted by molar-refractivity contribution is 9.10. The van der Waals surface area contributed by atoms with Crippen molar-refractivity contribution >= 4 is 27.5 Å². The van der Waals surface area contributed by atoms with E-state index < -0.39 is 0 Å². The van der Waals surface area contributed by atoms with Gasteiger partial charge in [-0.1, -0.05) is 0 Å². The molecule has 0 fully saturated rings. The number of halogens is 1. The number of nitrogens with one attached hydrogen (secondary N) is 1. The van der Waals surface area contributed by atoms with E-state index in [1.165, 1.54) is 7.11 Å². The zero-order valence-corrected chi connectivity index (χ0v) is 15.8. The topological polar surface area (TPSA) is 64.9 Å². The number of nitrogens with zero attached hydrogens (tertiary/aromatic N) is 2.